The van der Waals surface area contributed by atoms with Crippen LogP contribution in [0.1, 0.15) is 29.5 Å². The van der Waals surface area contributed by atoms with Crippen LogP contribution in [0.3, 0.4) is 0 Å². The van der Waals surface area contributed by atoms with E-state index in [2.05, 4.69) is 33.5 Å². The number of hydrogen-bond donors (Lipinski definition) is 4. The zero-order valence-electron chi connectivity index (χ0n) is 19.7. The molecule has 0 saturated heterocycles. The first-order chi connectivity index (χ1) is 17.1. The number of aromatic nitrogens is 1. The number of hydrogen-bond acceptors (Lipinski definition) is 5. The van der Waals surface area contributed by atoms with Crippen LogP contribution in [0, 0.1) is 5.92 Å². The summed E-state index contributed by atoms with van der Waals surface area (Å²) in [6, 6.07) is 16.2. The van der Waals surface area contributed by atoms with E-state index in [9.17, 15) is 9.59 Å². The van der Waals surface area contributed by atoms with Crippen LogP contribution in [-0.2, 0) is 22.5 Å². The molecule has 0 aliphatic heterocycles. The predicted molar refractivity (Wildman–Crippen MR) is 135 cm³/mol. The number of para-hydroxylation sites is 1. The highest BCUT2D eigenvalue weighted by molar-refractivity contribution is 5.90. The van der Waals surface area contributed by atoms with Crippen molar-refractivity contribution in [3.8, 4) is 0 Å². The highest BCUT2D eigenvalue weighted by atomic mass is 16.5. The second-order valence-electron chi connectivity index (χ2n) is 8.90. The van der Waals surface area contributed by atoms with Crippen LogP contribution < -0.4 is 10.8 Å². The van der Waals surface area contributed by atoms with E-state index >= 15 is 0 Å². The van der Waals surface area contributed by atoms with E-state index in [-0.39, 0.29) is 6.09 Å². The number of rotatable bonds is 12. The van der Waals surface area contributed by atoms with E-state index in [0.29, 0.717) is 32.2 Å². The first kappa shape index (κ1) is 24.5. The van der Waals surface area contributed by atoms with Crippen LogP contribution in [-0.4, -0.2) is 53.3 Å². The summed E-state index contributed by atoms with van der Waals surface area (Å²) in [6.45, 7) is 3.16. The van der Waals surface area contributed by atoms with Gasteiger partial charge in [-0.1, -0.05) is 42.5 Å². The average Bonchev–Trinajstić information content (AvgIpc) is 3.63. The molecular formula is C27H32N4O4. The Morgan fingerprint density at radius 1 is 1.11 bits per heavy atom. The maximum atomic E-state index is 12.0. The fourth-order valence-corrected chi connectivity index (χ4v) is 3.96. The van der Waals surface area contributed by atoms with Gasteiger partial charge in [0.1, 0.15) is 6.61 Å². The topological polar surface area (TPSA) is 107 Å². The third-order valence-electron chi connectivity index (χ3n) is 6.17. The summed E-state index contributed by atoms with van der Waals surface area (Å²) in [4.78, 5) is 28.8. The molecule has 8 nitrogen and oxygen atoms in total. The number of amides is 2. The summed E-state index contributed by atoms with van der Waals surface area (Å²) >= 11 is 0. The largest absolute Gasteiger partial charge is 0.448 e. The fraction of sp³-hybridized carbons (Fsp3) is 0.333. The number of alkyl carbamates (subject to hydrolysis) is 1. The van der Waals surface area contributed by atoms with Gasteiger partial charge in [-0.15, -0.1) is 0 Å². The zero-order valence-corrected chi connectivity index (χ0v) is 19.7. The summed E-state index contributed by atoms with van der Waals surface area (Å²) in [5.41, 5.74) is 5.94. The minimum atomic E-state index is -0.571. The number of H-pyrrole nitrogens is 1. The maximum Gasteiger partial charge on any atom is 0.407 e. The molecule has 8 heteroatoms. The lowest BCUT2D eigenvalue weighted by Gasteiger charge is -2.22. The summed E-state index contributed by atoms with van der Waals surface area (Å²) in [6.07, 6.45) is 7.86. The van der Waals surface area contributed by atoms with Gasteiger partial charge in [0, 0.05) is 49.4 Å². The van der Waals surface area contributed by atoms with E-state index in [1.807, 2.05) is 36.4 Å². The number of ether oxygens (including phenoxy) is 1. The number of fused-ring (bicyclic) bond motifs is 1. The molecule has 1 heterocycles. The van der Waals surface area contributed by atoms with Crippen molar-refractivity contribution in [3.63, 3.8) is 0 Å². The van der Waals surface area contributed by atoms with Gasteiger partial charge in [-0.05, 0) is 54.0 Å². The molecule has 4 rings (SSSR count). The number of nitrogens with zero attached hydrogens (tertiary/aromatic N) is 1. The van der Waals surface area contributed by atoms with Crippen LogP contribution in [0.15, 0.2) is 60.8 Å². The highest BCUT2D eigenvalue weighted by Crippen LogP contribution is 2.27. The Hall–Kier alpha value is -3.62. The Labute approximate surface area is 204 Å². The molecule has 2 amide bonds. The molecule has 0 spiro atoms. The number of benzene rings is 2. The van der Waals surface area contributed by atoms with Crippen molar-refractivity contribution >= 4 is 29.0 Å². The highest BCUT2D eigenvalue weighted by Gasteiger charge is 2.21. The molecule has 0 unspecified atom stereocenters. The molecule has 0 bridgehead atoms. The van der Waals surface area contributed by atoms with Crippen LogP contribution >= 0.6 is 0 Å². The van der Waals surface area contributed by atoms with Gasteiger partial charge in [-0.2, -0.15) is 0 Å². The lowest BCUT2D eigenvalue weighted by molar-refractivity contribution is -0.124. The van der Waals surface area contributed by atoms with Crippen molar-refractivity contribution in [2.75, 3.05) is 26.2 Å². The van der Waals surface area contributed by atoms with Gasteiger partial charge >= 0.3 is 6.09 Å². The molecule has 1 aliphatic rings. The summed E-state index contributed by atoms with van der Waals surface area (Å²) in [7, 11) is 0. The normalized spacial score (nSPS) is 13.4. The molecule has 1 aromatic heterocycles. The molecule has 184 valence electrons. The second-order valence-corrected chi connectivity index (χ2v) is 8.90. The smallest absolute Gasteiger partial charge is 0.407 e. The fourth-order valence-electron chi connectivity index (χ4n) is 3.96. The van der Waals surface area contributed by atoms with Gasteiger partial charge in [0.05, 0.1) is 0 Å². The Morgan fingerprint density at radius 2 is 1.91 bits per heavy atom. The third-order valence-corrected chi connectivity index (χ3v) is 6.17. The molecule has 3 aromatic rings. The molecule has 0 radical (unpaired) electrons. The minimum Gasteiger partial charge on any atom is -0.448 e. The Morgan fingerprint density at radius 3 is 2.69 bits per heavy atom. The number of aromatic amines is 1. The SMILES string of the molecule is O=C(/C=C/c1ccc(CN(CCOC(=O)NCC2CC2)CCc2c[nH]c3ccccc23)cc1)NO. The van der Waals surface area contributed by atoms with Gasteiger partial charge in [-0.25, -0.2) is 10.3 Å². The van der Waals surface area contributed by atoms with Crippen LogP contribution in [0.25, 0.3) is 17.0 Å². The van der Waals surface area contributed by atoms with Crippen molar-refractivity contribution in [3.05, 3.63) is 77.5 Å². The summed E-state index contributed by atoms with van der Waals surface area (Å²) in [5, 5.41) is 12.7. The van der Waals surface area contributed by atoms with Crippen molar-refractivity contribution in [2.24, 2.45) is 5.92 Å². The van der Waals surface area contributed by atoms with Crippen LogP contribution in [0.2, 0.25) is 0 Å². The summed E-state index contributed by atoms with van der Waals surface area (Å²) in [5.74, 6) is 0.0461. The third kappa shape index (κ3) is 7.70. The maximum absolute atomic E-state index is 12.0. The quantitative estimate of drug-likeness (QED) is 0.180. The molecule has 4 N–H and O–H groups in total. The minimum absolute atomic E-state index is 0.321. The van der Waals surface area contributed by atoms with Crippen LogP contribution in [0.4, 0.5) is 4.79 Å². The number of nitrogens with one attached hydrogen (secondary N) is 3. The molecule has 1 fully saturated rings. The standard InChI is InChI=1S/C27H32N4O4/c32-26(30-34)12-11-20-5-9-22(10-6-20)19-31(15-16-35-27(33)29-17-21-7-8-21)14-13-23-18-28-25-4-2-1-3-24(23)25/h1-6,9-12,18,21,28,34H,7-8,13-17,19H2,(H,29,33)(H,30,32)/b12-11+. The lowest BCUT2D eigenvalue weighted by atomic mass is 10.1. The van der Waals surface area contributed by atoms with Crippen LogP contribution in [0.5, 0.6) is 0 Å². The predicted octanol–water partition coefficient (Wildman–Crippen LogP) is 3.87. The monoisotopic (exact) mass is 476 g/mol. The summed E-state index contributed by atoms with van der Waals surface area (Å²) < 4.78 is 5.41. The molecule has 35 heavy (non-hydrogen) atoms. The van der Waals surface area contributed by atoms with E-state index in [0.717, 1.165) is 29.6 Å². The van der Waals surface area contributed by atoms with E-state index < -0.39 is 5.91 Å². The van der Waals surface area contributed by atoms with Gasteiger partial charge < -0.3 is 15.0 Å². The molecule has 1 saturated carbocycles. The molecule has 2 aromatic carbocycles. The van der Waals surface area contributed by atoms with Gasteiger partial charge in [0.15, 0.2) is 0 Å². The zero-order chi connectivity index (χ0) is 24.5. The first-order valence-electron chi connectivity index (χ1n) is 12.0. The van der Waals surface area contributed by atoms with Gasteiger partial charge in [-0.3, -0.25) is 14.9 Å². The number of hydroxylamine groups is 1. The van der Waals surface area contributed by atoms with Gasteiger partial charge in [0.25, 0.3) is 5.91 Å². The molecule has 0 atom stereocenters. The molecule has 1 aliphatic carbocycles. The first-order valence-corrected chi connectivity index (χ1v) is 12.0. The van der Waals surface area contributed by atoms with E-state index in [1.54, 1.807) is 11.6 Å². The average molecular weight is 477 g/mol. The van der Waals surface area contributed by atoms with Crippen molar-refractivity contribution < 1.29 is 19.5 Å². The Kier molecular flexibility index (Phi) is 8.53. The second kappa shape index (κ2) is 12.2. The van der Waals surface area contributed by atoms with Gasteiger partial charge in [0.2, 0.25) is 0 Å². The van der Waals surface area contributed by atoms with Crippen molar-refractivity contribution in [1.82, 2.24) is 20.7 Å². The van der Waals surface area contributed by atoms with Crippen molar-refractivity contribution in [2.45, 2.75) is 25.8 Å². The number of carbonyl (C=O) groups is 2. The number of carbonyl (C=O) groups excluding carboxylic acids is 2. The Balaban J connectivity index is 1.35. The van der Waals surface area contributed by atoms with E-state index in [4.69, 9.17) is 9.94 Å². The lowest BCUT2D eigenvalue weighted by Crippen LogP contribution is -2.32. The Bertz CT molecular complexity index is 1150. The van der Waals surface area contributed by atoms with Crippen molar-refractivity contribution in [1.29, 1.82) is 0 Å². The van der Waals surface area contributed by atoms with E-state index in [1.165, 1.54) is 29.9 Å². The molecular weight excluding hydrogens is 444 g/mol.